The first-order valence-corrected chi connectivity index (χ1v) is 7.52. The van der Waals surface area contributed by atoms with Crippen LogP contribution >= 0.6 is 7.60 Å². The van der Waals surface area contributed by atoms with Gasteiger partial charge in [-0.1, -0.05) is 0 Å². The van der Waals surface area contributed by atoms with Crippen LogP contribution in [0.4, 0.5) is 0 Å². The highest BCUT2D eigenvalue weighted by molar-refractivity contribution is 7.51. The molecule has 0 unspecified atom stereocenters. The molecule has 0 aromatic rings. The van der Waals surface area contributed by atoms with Gasteiger partial charge in [0.25, 0.3) is 0 Å². The summed E-state index contributed by atoms with van der Waals surface area (Å²) in [7, 11) is -3.99. The van der Waals surface area contributed by atoms with Gasteiger partial charge in [-0.3, -0.25) is 4.57 Å². The van der Waals surface area contributed by atoms with Crippen molar-refractivity contribution in [1.29, 1.82) is 0 Å². The smallest absolute Gasteiger partial charge is 0.327 e. The summed E-state index contributed by atoms with van der Waals surface area (Å²) in [4.78, 5) is 17.4. The Hall–Kier alpha value is 0.0300. The van der Waals surface area contributed by atoms with Gasteiger partial charge in [0, 0.05) is 0 Å². The normalized spacial score (nSPS) is 30.1. The van der Waals surface area contributed by atoms with Gasteiger partial charge in [-0.25, -0.2) is 0 Å². The van der Waals surface area contributed by atoms with Crippen molar-refractivity contribution in [3.63, 3.8) is 0 Å². The zero-order chi connectivity index (χ0) is 13.1. The van der Waals surface area contributed by atoms with Crippen molar-refractivity contribution in [3.8, 4) is 0 Å². The third-order valence-corrected chi connectivity index (χ3v) is 3.26. The van der Waals surface area contributed by atoms with E-state index in [1.165, 1.54) is 0 Å². The first-order valence-electron chi connectivity index (χ1n) is 5.73. The molecular weight excluding hydrogens is 247 g/mol. The minimum atomic E-state index is -3.99. The lowest BCUT2D eigenvalue weighted by Crippen LogP contribution is -2.36. The van der Waals surface area contributed by atoms with Gasteiger partial charge in [0.2, 0.25) is 0 Å². The lowest BCUT2D eigenvalue weighted by atomic mass is 10.1. The number of ether oxygens (including phenoxy) is 3. The second kappa shape index (κ2) is 6.27. The summed E-state index contributed by atoms with van der Waals surface area (Å²) in [5, 5.41) is 0. The van der Waals surface area contributed by atoms with Gasteiger partial charge in [-0.2, -0.15) is 0 Å². The Morgan fingerprint density at radius 1 is 1.47 bits per heavy atom. The summed E-state index contributed by atoms with van der Waals surface area (Å²) in [6.07, 6.45) is -0.688. The maximum atomic E-state index is 10.7. The zero-order valence-corrected chi connectivity index (χ0v) is 11.3. The first kappa shape index (κ1) is 15.1. The van der Waals surface area contributed by atoms with Crippen LogP contribution in [0.5, 0.6) is 0 Å². The number of hydrogen-bond acceptors (Lipinski definition) is 4. The molecular formula is C10H21O6P. The Labute approximate surface area is 101 Å². The predicted octanol–water partition coefficient (Wildman–Crippen LogP) is 0.762. The summed E-state index contributed by atoms with van der Waals surface area (Å²) < 4.78 is 27.2. The van der Waals surface area contributed by atoms with Crippen molar-refractivity contribution in [2.75, 3.05) is 19.4 Å². The highest BCUT2D eigenvalue weighted by Gasteiger charge is 2.37. The number of hydrogen-bond donors (Lipinski definition) is 2. The average molecular weight is 268 g/mol. The summed E-state index contributed by atoms with van der Waals surface area (Å²) >= 11 is 0. The van der Waals surface area contributed by atoms with Gasteiger partial charge < -0.3 is 24.0 Å². The van der Waals surface area contributed by atoms with E-state index in [1.54, 1.807) is 0 Å². The van der Waals surface area contributed by atoms with Crippen LogP contribution in [0.25, 0.3) is 0 Å². The molecule has 1 rings (SSSR count). The second-order valence-corrected chi connectivity index (χ2v) is 6.26. The summed E-state index contributed by atoms with van der Waals surface area (Å²) in [5.41, 5.74) is 0. The van der Waals surface area contributed by atoms with E-state index in [2.05, 4.69) is 0 Å². The van der Waals surface area contributed by atoms with Crippen molar-refractivity contribution < 1.29 is 28.6 Å². The molecule has 1 saturated heterocycles. The quantitative estimate of drug-likeness (QED) is 0.692. The largest absolute Gasteiger partial charge is 0.373 e. The van der Waals surface area contributed by atoms with Crippen LogP contribution in [0, 0.1) is 0 Å². The third kappa shape index (κ3) is 5.46. The highest BCUT2D eigenvalue weighted by Crippen LogP contribution is 2.34. The molecule has 1 aliphatic heterocycles. The molecule has 0 bridgehead atoms. The summed E-state index contributed by atoms with van der Waals surface area (Å²) in [5.74, 6) is 0. The van der Waals surface area contributed by atoms with E-state index in [0.29, 0.717) is 6.61 Å². The number of rotatable bonds is 6. The van der Waals surface area contributed by atoms with E-state index in [0.717, 1.165) is 0 Å². The maximum Gasteiger partial charge on any atom is 0.327 e. The SMILES string of the molecule is CC(C)O[C@H]1[C@H](C)OC[C@@H]1OCCP(=O)(O)O. The molecule has 0 radical (unpaired) electrons. The topological polar surface area (TPSA) is 85.2 Å². The molecule has 7 heteroatoms. The van der Waals surface area contributed by atoms with E-state index < -0.39 is 7.60 Å². The molecule has 1 fully saturated rings. The molecule has 3 atom stereocenters. The van der Waals surface area contributed by atoms with Crippen LogP contribution in [-0.4, -0.2) is 53.6 Å². The van der Waals surface area contributed by atoms with E-state index in [9.17, 15) is 4.57 Å². The predicted molar refractivity (Wildman–Crippen MR) is 62.1 cm³/mol. The van der Waals surface area contributed by atoms with Gasteiger partial charge in [-0.15, -0.1) is 0 Å². The first-order chi connectivity index (χ1) is 7.79. The Morgan fingerprint density at radius 2 is 2.12 bits per heavy atom. The molecule has 1 aliphatic rings. The van der Waals surface area contributed by atoms with Crippen LogP contribution in [0.2, 0.25) is 0 Å². The van der Waals surface area contributed by atoms with Crippen LogP contribution < -0.4 is 0 Å². The van der Waals surface area contributed by atoms with Gasteiger partial charge in [0.05, 0.1) is 31.6 Å². The Kier molecular flexibility index (Phi) is 5.57. The van der Waals surface area contributed by atoms with Crippen LogP contribution in [0.3, 0.4) is 0 Å². The van der Waals surface area contributed by atoms with Gasteiger partial charge in [0.15, 0.2) is 0 Å². The Balaban J connectivity index is 2.38. The van der Waals surface area contributed by atoms with Gasteiger partial charge in [0.1, 0.15) is 12.2 Å². The fourth-order valence-corrected chi connectivity index (χ4v) is 2.06. The molecule has 0 spiro atoms. The molecule has 0 aliphatic carbocycles. The molecule has 0 saturated carbocycles. The van der Waals surface area contributed by atoms with Crippen molar-refractivity contribution in [2.45, 2.75) is 45.2 Å². The van der Waals surface area contributed by atoms with E-state index >= 15 is 0 Å². The molecule has 6 nitrogen and oxygen atoms in total. The maximum absolute atomic E-state index is 10.7. The minimum absolute atomic E-state index is 0.0168. The molecule has 1 heterocycles. The van der Waals surface area contributed by atoms with E-state index in [-0.39, 0.29) is 37.2 Å². The molecule has 0 amide bonds. The van der Waals surface area contributed by atoms with Crippen molar-refractivity contribution in [3.05, 3.63) is 0 Å². The van der Waals surface area contributed by atoms with Crippen LogP contribution in [0.1, 0.15) is 20.8 Å². The van der Waals surface area contributed by atoms with Crippen molar-refractivity contribution >= 4 is 7.60 Å². The molecule has 17 heavy (non-hydrogen) atoms. The molecule has 0 aromatic carbocycles. The molecule has 0 aromatic heterocycles. The monoisotopic (exact) mass is 268 g/mol. The van der Waals surface area contributed by atoms with Gasteiger partial charge in [-0.05, 0) is 20.8 Å². The molecule has 2 N–H and O–H groups in total. The zero-order valence-electron chi connectivity index (χ0n) is 10.4. The molecule has 102 valence electrons. The fourth-order valence-electron chi connectivity index (χ4n) is 1.72. The standard InChI is InChI=1S/C10H21O6P/c1-7(2)16-10-8(3)15-6-9(10)14-4-5-17(11,12)13/h7-10H,4-6H2,1-3H3,(H2,11,12,13)/t8-,9-,10-/m0/s1. The highest BCUT2D eigenvalue weighted by atomic mass is 31.2. The Morgan fingerprint density at radius 3 is 2.65 bits per heavy atom. The summed E-state index contributed by atoms with van der Waals surface area (Å²) in [6.45, 7) is 6.18. The van der Waals surface area contributed by atoms with Crippen LogP contribution in [-0.2, 0) is 18.8 Å². The van der Waals surface area contributed by atoms with Crippen molar-refractivity contribution in [2.24, 2.45) is 0 Å². The lowest BCUT2D eigenvalue weighted by molar-refractivity contribution is -0.0793. The third-order valence-electron chi connectivity index (χ3n) is 2.50. The Bertz CT molecular complexity index is 276. The van der Waals surface area contributed by atoms with Crippen molar-refractivity contribution in [1.82, 2.24) is 0 Å². The average Bonchev–Trinajstić information content (AvgIpc) is 2.47. The second-order valence-electron chi connectivity index (χ2n) is 4.49. The van der Waals surface area contributed by atoms with E-state index in [4.69, 9.17) is 24.0 Å². The summed E-state index contributed by atoms with van der Waals surface area (Å²) in [6, 6.07) is 0. The minimum Gasteiger partial charge on any atom is -0.373 e. The fraction of sp³-hybridized carbons (Fsp3) is 1.00. The van der Waals surface area contributed by atoms with Crippen LogP contribution in [0.15, 0.2) is 0 Å². The van der Waals surface area contributed by atoms with E-state index in [1.807, 2.05) is 20.8 Å². The lowest BCUT2D eigenvalue weighted by Gasteiger charge is -2.23. The van der Waals surface area contributed by atoms with Gasteiger partial charge >= 0.3 is 7.60 Å².